The number of sulfone groups is 1. The average Bonchev–Trinajstić information content (AvgIpc) is 3.09. The lowest BCUT2D eigenvalue weighted by Crippen LogP contribution is -2.07. The number of aromatic nitrogens is 3. The minimum absolute atomic E-state index is 0.0233. The number of nitrogen functional groups attached to an aromatic ring is 1. The smallest absolute Gasteiger partial charge is 0.212 e. The number of hydrogen-bond donors (Lipinski definition) is 1. The first-order valence-corrected chi connectivity index (χ1v) is 11.8. The van der Waals surface area contributed by atoms with E-state index in [-0.39, 0.29) is 21.1 Å². The lowest BCUT2D eigenvalue weighted by Gasteiger charge is -2.11. The Balaban J connectivity index is 1.87. The summed E-state index contributed by atoms with van der Waals surface area (Å²) in [5.74, 6) is 0.469. The maximum atomic E-state index is 13.6. The van der Waals surface area contributed by atoms with Gasteiger partial charge in [-0.1, -0.05) is 56.3 Å². The van der Waals surface area contributed by atoms with Crippen LogP contribution >= 0.6 is 0 Å². The molecule has 0 radical (unpaired) electrons. The van der Waals surface area contributed by atoms with Crippen LogP contribution in [0.4, 0.5) is 5.82 Å². The van der Waals surface area contributed by atoms with Gasteiger partial charge in [-0.3, -0.25) is 4.57 Å². The predicted octanol–water partition coefficient (Wildman–Crippen LogP) is 5.11. The molecular weight excluding hydrogens is 420 g/mol. The molecule has 0 aliphatic carbocycles. The van der Waals surface area contributed by atoms with Gasteiger partial charge in [-0.15, -0.1) is 0 Å². The molecule has 0 fully saturated rings. The molecule has 2 heterocycles. The first-order valence-electron chi connectivity index (χ1n) is 10.3. The van der Waals surface area contributed by atoms with Gasteiger partial charge in [-0.2, -0.15) is 0 Å². The monoisotopic (exact) mass is 442 g/mol. The summed E-state index contributed by atoms with van der Waals surface area (Å²) in [7, 11) is -3.92. The van der Waals surface area contributed by atoms with Gasteiger partial charge in [0.2, 0.25) is 9.84 Å². The highest BCUT2D eigenvalue weighted by Gasteiger charge is 2.30. The Hall–Kier alpha value is -3.71. The fourth-order valence-corrected chi connectivity index (χ4v) is 5.40. The second-order valence-corrected chi connectivity index (χ2v) is 9.88. The molecule has 2 N–H and O–H groups in total. The van der Waals surface area contributed by atoms with Crippen molar-refractivity contribution in [1.29, 1.82) is 0 Å². The lowest BCUT2D eigenvalue weighted by molar-refractivity contribution is 0.597. The Morgan fingerprint density at radius 1 is 0.812 bits per heavy atom. The Bertz CT molecular complexity index is 1560. The summed E-state index contributed by atoms with van der Waals surface area (Å²) in [5, 5.41) is 0. The Morgan fingerprint density at radius 2 is 1.41 bits per heavy atom. The predicted molar refractivity (Wildman–Crippen MR) is 127 cm³/mol. The second-order valence-electron chi connectivity index (χ2n) is 8.00. The maximum absolute atomic E-state index is 13.6. The first kappa shape index (κ1) is 20.2. The van der Waals surface area contributed by atoms with Crippen LogP contribution in [-0.2, 0) is 9.84 Å². The molecule has 5 rings (SSSR count). The molecule has 0 aliphatic heterocycles. The molecule has 0 aliphatic rings. The van der Waals surface area contributed by atoms with Crippen molar-refractivity contribution in [2.45, 2.75) is 29.6 Å². The van der Waals surface area contributed by atoms with Crippen LogP contribution in [0.5, 0.6) is 0 Å². The van der Waals surface area contributed by atoms with Gasteiger partial charge < -0.3 is 5.73 Å². The zero-order valence-electron chi connectivity index (χ0n) is 17.7. The molecule has 0 saturated heterocycles. The number of hydrogen-bond acceptors (Lipinski definition) is 5. The lowest BCUT2D eigenvalue weighted by atomic mass is 10.0. The molecule has 0 atom stereocenters. The molecule has 2 aromatic heterocycles. The van der Waals surface area contributed by atoms with Crippen molar-refractivity contribution in [3.05, 3.63) is 84.4 Å². The van der Waals surface area contributed by atoms with E-state index < -0.39 is 9.84 Å². The molecule has 7 heteroatoms. The molecule has 0 amide bonds. The molecule has 0 bridgehead atoms. The van der Waals surface area contributed by atoms with Gasteiger partial charge in [0.05, 0.1) is 15.9 Å². The van der Waals surface area contributed by atoms with Gasteiger partial charge in [0.1, 0.15) is 16.2 Å². The minimum Gasteiger partial charge on any atom is -0.384 e. The van der Waals surface area contributed by atoms with Crippen LogP contribution in [0.2, 0.25) is 0 Å². The van der Waals surface area contributed by atoms with E-state index >= 15 is 0 Å². The van der Waals surface area contributed by atoms with Gasteiger partial charge in [0, 0.05) is 5.69 Å². The summed E-state index contributed by atoms with van der Waals surface area (Å²) < 4.78 is 28.9. The summed E-state index contributed by atoms with van der Waals surface area (Å²) in [5.41, 5.74) is 10.4. The molecule has 0 unspecified atom stereocenters. The third-order valence-corrected chi connectivity index (χ3v) is 7.43. The summed E-state index contributed by atoms with van der Waals surface area (Å²) in [4.78, 5) is 9.58. The average molecular weight is 443 g/mol. The van der Waals surface area contributed by atoms with Crippen molar-refractivity contribution in [1.82, 2.24) is 14.5 Å². The number of nitrogens with zero attached hydrogens (tertiary/aromatic N) is 3. The van der Waals surface area contributed by atoms with Crippen molar-refractivity contribution in [2.24, 2.45) is 0 Å². The molecule has 5 aromatic rings. The second kappa shape index (κ2) is 7.46. The number of fused-ring (bicyclic) bond motifs is 2. The summed E-state index contributed by atoms with van der Waals surface area (Å²) in [6, 6.07) is 23.6. The van der Waals surface area contributed by atoms with E-state index in [1.54, 1.807) is 34.9 Å². The number of para-hydroxylation sites is 2. The van der Waals surface area contributed by atoms with Gasteiger partial charge >= 0.3 is 0 Å². The van der Waals surface area contributed by atoms with E-state index in [1.165, 1.54) is 5.56 Å². The van der Waals surface area contributed by atoms with Crippen molar-refractivity contribution >= 4 is 37.9 Å². The van der Waals surface area contributed by atoms with Crippen LogP contribution < -0.4 is 5.73 Å². The topological polar surface area (TPSA) is 90.9 Å². The quantitative estimate of drug-likeness (QED) is 0.417. The molecule has 3 aromatic carbocycles. The highest BCUT2D eigenvalue weighted by Crippen LogP contribution is 2.37. The normalized spacial score (nSPS) is 12.1. The molecule has 0 spiro atoms. The fraction of sp³-hybridized carbons (Fsp3) is 0.120. The molecular formula is C25H22N4O2S. The molecule has 0 saturated carbocycles. The third-order valence-electron chi connectivity index (χ3n) is 5.59. The number of benzene rings is 3. The van der Waals surface area contributed by atoms with Crippen LogP contribution in [0, 0.1) is 0 Å². The molecule has 160 valence electrons. The first-order chi connectivity index (χ1) is 15.4. The molecule has 32 heavy (non-hydrogen) atoms. The van der Waals surface area contributed by atoms with Crippen molar-refractivity contribution in [3.8, 4) is 5.69 Å². The van der Waals surface area contributed by atoms with E-state index in [2.05, 4.69) is 18.8 Å². The van der Waals surface area contributed by atoms with Gasteiger partial charge in [0.15, 0.2) is 5.65 Å². The van der Waals surface area contributed by atoms with Crippen molar-refractivity contribution in [2.75, 3.05) is 5.73 Å². The van der Waals surface area contributed by atoms with Gasteiger partial charge in [-0.25, -0.2) is 18.4 Å². The standard InChI is InChI=1S/C25H22N4O2S/c1-16(2)17-12-14-18(15-13-17)29-24(26)23(32(30,31)19-8-4-3-5-9-19)22-25(29)28-21-11-7-6-10-20(21)27-22/h3-16H,26H2,1-2H3. The number of anilines is 1. The van der Waals surface area contributed by atoms with Crippen molar-refractivity contribution in [3.63, 3.8) is 0 Å². The number of rotatable bonds is 4. The Labute approximate surface area is 186 Å². The maximum Gasteiger partial charge on any atom is 0.212 e. The van der Waals surface area contributed by atoms with Crippen LogP contribution in [-0.4, -0.2) is 23.0 Å². The molecule has 6 nitrogen and oxygen atoms in total. The zero-order valence-corrected chi connectivity index (χ0v) is 18.5. The van der Waals surface area contributed by atoms with E-state index in [4.69, 9.17) is 10.7 Å². The van der Waals surface area contributed by atoms with Crippen LogP contribution in [0.15, 0.2) is 88.7 Å². The van der Waals surface area contributed by atoms with E-state index in [1.807, 2.05) is 48.5 Å². The Morgan fingerprint density at radius 3 is 2.03 bits per heavy atom. The van der Waals surface area contributed by atoms with E-state index in [0.717, 1.165) is 5.69 Å². The highest BCUT2D eigenvalue weighted by molar-refractivity contribution is 7.92. The number of nitrogens with two attached hydrogens (primary N) is 1. The van der Waals surface area contributed by atoms with Gasteiger partial charge in [0.25, 0.3) is 0 Å². The fourth-order valence-electron chi connectivity index (χ4n) is 3.89. The zero-order chi connectivity index (χ0) is 22.5. The summed E-state index contributed by atoms with van der Waals surface area (Å²) in [6.45, 7) is 4.24. The van der Waals surface area contributed by atoms with E-state index in [9.17, 15) is 8.42 Å². The largest absolute Gasteiger partial charge is 0.384 e. The Kier molecular flexibility index (Phi) is 4.71. The van der Waals surface area contributed by atoms with Gasteiger partial charge in [-0.05, 0) is 47.9 Å². The van der Waals surface area contributed by atoms with Crippen LogP contribution in [0.1, 0.15) is 25.3 Å². The summed E-state index contributed by atoms with van der Waals surface area (Å²) >= 11 is 0. The highest BCUT2D eigenvalue weighted by atomic mass is 32.2. The van der Waals surface area contributed by atoms with E-state index in [0.29, 0.717) is 22.6 Å². The summed E-state index contributed by atoms with van der Waals surface area (Å²) in [6.07, 6.45) is 0. The minimum atomic E-state index is -3.92. The van der Waals surface area contributed by atoms with Crippen LogP contribution in [0.3, 0.4) is 0 Å². The third kappa shape index (κ3) is 3.13. The SMILES string of the molecule is CC(C)c1ccc(-n2c(N)c(S(=O)(=O)c3ccccc3)c3nc4ccccc4nc32)cc1. The van der Waals surface area contributed by atoms with Crippen LogP contribution in [0.25, 0.3) is 27.9 Å². The van der Waals surface area contributed by atoms with Crippen molar-refractivity contribution < 1.29 is 8.42 Å².